The first kappa shape index (κ1) is 10.8. The summed E-state index contributed by atoms with van der Waals surface area (Å²) in [5.74, 6) is 0.883. The molecule has 0 radical (unpaired) electrons. The van der Waals surface area contributed by atoms with Crippen molar-refractivity contribution >= 4 is 0 Å². The van der Waals surface area contributed by atoms with Crippen molar-refractivity contribution in [3.05, 3.63) is 30.6 Å². The Balaban J connectivity index is 1.59. The first-order valence-electron chi connectivity index (χ1n) is 5.37. The molecule has 0 aliphatic rings. The van der Waals surface area contributed by atoms with Crippen molar-refractivity contribution < 1.29 is 0 Å². The van der Waals surface area contributed by atoms with E-state index in [-0.39, 0.29) is 0 Å². The average Bonchev–Trinajstić information content (AvgIpc) is 2.89. The van der Waals surface area contributed by atoms with E-state index in [2.05, 4.69) is 20.5 Å². The summed E-state index contributed by atoms with van der Waals surface area (Å²) in [6.07, 6.45) is 6.33. The van der Waals surface area contributed by atoms with E-state index in [0.717, 1.165) is 31.9 Å². The van der Waals surface area contributed by atoms with Gasteiger partial charge in [0.25, 0.3) is 0 Å². The van der Waals surface area contributed by atoms with Crippen LogP contribution in [0.2, 0.25) is 0 Å². The number of hydrogen-bond donors (Lipinski definition) is 1. The molecule has 0 saturated heterocycles. The summed E-state index contributed by atoms with van der Waals surface area (Å²) in [6.45, 7) is 2.70. The second kappa shape index (κ2) is 5.41. The molecule has 6 heteroatoms. The molecule has 0 unspecified atom stereocenters. The minimum Gasteiger partial charge on any atom is -0.314 e. The first-order valence-corrected chi connectivity index (χ1v) is 5.37. The zero-order valence-corrected chi connectivity index (χ0v) is 9.37. The van der Waals surface area contributed by atoms with Crippen molar-refractivity contribution in [3.63, 3.8) is 0 Å². The van der Waals surface area contributed by atoms with Gasteiger partial charge in [-0.1, -0.05) is 0 Å². The second-order valence-corrected chi connectivity index (χ2v) is 3.60. The maximum Gasteiger partial charge on any atom is 0.151 e. The number of rotatable bonds is 6. The SMILES string of the molecule is Cn1cnc(CCNCCn2cccn2)n1. The van der Waals surface area contributed by atoms with Crippen LogP contribution in [0.4, 0.5) is 0 Å². The summed E-state index contributed by atoms with van der Waals surface area (Å²) in [4.78, 5) is 4.16. The lowest BCUT2D eigenvalue weighted by atomic mass is 10.4. The Kier molecular flexibility index (Phi) is 3.66. The van der Waals surface area contributed by atoms with E-state index in [4.69, 9.17) is 0 Å². The van der Waals surface area contributed by atoms with Crippen LogP contribution in [0.5, 0.6) is 0 Å². The average molecular weight is 220 g/mol. The molecule has 0 spiro atoms. The van der Waals surface area contributed by atoms with Crippen LogP contribution >= 0.6 is 0 Å². The highest BCUT2D eigenvalue weighted by Gasteiger charge is 1.97. The van der Waals surface area contributed by atoms with Crippen molar-refractivity contribution in [1.82, 2.24) is 29.9 Å². The summed E-state index contributed by atoms with van der Waals surface area (Å²) in [5, 5.41) is 11.7. The Morgan fingerprint density at radius 1 is 1.38 bits per heavy atom. The molecule has 86 valence electrons. The van der Waals surface area contributed by atoms with Crippen LogP contribution in [0.3, 0.4) is 0 Å². The molecular formula is C10H16N6. The quantitative estimate of drug-likeness (QED) is 0.687. The van der Waals surface area contributed by atoms with Crippen LogP contribution in [0.15, 0.2) is 24.8 Å². The number of aromatic nitrogens is 5. The fraction of sp³-hybridized carbons (Fsp3) is 0.500. The zero-order valence-electron chi connectivity index (χ0n) is 9.37. The normalized spacial score (nSPS) is 10.8. The third-order valence-corrected chi connectivity index (χ3v) is 2.25. The molecule has 1 N–H and O–H groups in total. The number of hydrogen-bond acceptors (Lipinski definition) is 4. The van der Waals surface area contributed by atoms with Crippen LogP contribution in [0.25, 0.3) is 0 Å². The molecule has 0 bridgehead atoms. The molecule has 2 aromatic rings. The molecule has 2 heterocycles. The van der Waals surface area contributed by atoms with Gasteiger partial charge in [0.2, 0.25) is 0 Å². The lowest BCUT2D eigenvalue weighted by molar-refractivity contribution is 0.552. The van der Waals surface area contributed by atoms with Gasteiger partial charge in [-0.05, 0) is 6.07 Å². The first-order chi connectivity index (χ1) is 7.84. The maximum absolute atomic E-state index is 4.21. The van der Waals surface area contributed by atoms with Gasteiger partial charge in [0.1, 0.15) is 6.33 Å². The molecule has 0 aliphatic heterocycles. The lowest BCUT2D eigenvalue weighted by Crippen LogP contribution is -2.22. The van der Waals surface area contributed by atoms with Crippen molar-refractivity contribution in [2.45, 2.75) is 13.0 Å². The molecule has 0 saturated carbocycles. The van der Waals surface area contributed by atoms with Crippen molar-refractivity contribution in [1.29, 1.82) is 0 Å². The summed E-state index contributed by atoms with van der Waals surface area (Å²) >= 11 is 0. The van der Waals surface area contributed by atoms with E-state index in [0.29, 0.717) is 0 Å². The lowest BCUT2D eigenvalue weighted by Gasteiger charge is -2.03. The minimum atomic E-state index is 0.861. The van der Waals surface area contributed by atoms with Gasteiger partial charge in [-0.2, -0.15) is 10.2 Å². The Morgan fingerprint density at radius 3 is 3.00 bits per heavy atom. The van der Waals surface area contributed by atoms with Crippen LogP contribution in [0.1, 0.15) is 5.82 Å². The van der Waals surface area contributed by atoms with E-state index in [1.165, 1.54) is 0 Å². The van der Waals surface area contributed by atoms with Gasteiger partial charge in [0, 0.05) is 39.0 Å². The Labute approximate surface area is 94.3 Å². The zero-order chi connectivity index (χ0) is 11.2. The van der Waals surface area contributed by atoms with Gasteiger partial charge >= 0.3 is 0 Å². The van der Waals surface area contributed by atoms with E-state index < -0.39 is 0 Å². The van der Waals surface area contributed by atoms with Gasteiger partial charge in [-0.15, -0.1) is 0 Å². The highest BCUT2D eigenvalue weighted by molar-refractivity contribution is 4.82. The summed E-state index contributed by atoms with van der Waals surface area (Å²) in [5.41, 5.74) is 0. The predicted molar refractivity (Wildman–Crippen MR) is 59.8 cm³/mol. The van der Waals surface area contributed by atoms with Crippen LogP contribution in [-0.4, -0.2) is 37.6 Å². The predicted octanol–water partition coefficient (Wildman–Crippen LogP) is -0.156. The molecule has 0 atom stereocenters. The molecular weight excluding hydrogens is 204 g/mol. The molecule has 0 amide bonds. The van der Waals surface area contributed by atoms with E-state index in [1.54, 1.807) is 17.2 Å². The van der Waals surface area contributed by atoms with Gasteiger partial charge in [0.05, 0.1) is 6.54 Å². The third kappa shape index (κ3) is 3.16. The molecule has 0 aliphatic carbocycles. The minimum absolute atomic E-state index is 0.861. The standard InChI is InChI=1S/C10H16N6/c1-15-9-12-10(14-15)3-5-11-6-8-16-7-2-4-13-16/h2,4,7,9,11H,3,5-6,8H2,1H3. The monoisotopic (exact) mass is 220 g/mol. The summed E-state index contributed by atoms with van der Waals surface area (Å²) in [7, 11) is 1.88. The molecule has 0 fully saturated rings. The maximum atomic E-state index is 4.21. The Bertz CT molecular complexity index is 405. The van der Waals surface area contributed by atoms with Crippen LogP contribution in [-0.2, 0) is 20.0 Å². The Morgan fingerprint density at radius 2 is 2.31 bits per heavy atom. The van der Waals surface area contributed by atoms with Crippen molar-refractivity contribution in [3.8, 4) is 0 Å². The summed E-state index contributed by atoms with van der Waals surface area (Å²) < 4.78 is 3.63. The molecule has 6 nitrogen and oxygen atoms in total. The highest BCUT2D eigenvalue weighted by atomic mass is 15.3. The molecule has 0 aromatic carbocycles. The van der Waals surface area contributed by atoms with Gasteiger partial charge in [-0.3, -0.25) is 9.36 Å². The summed E-state index contributed by atoms with van der Waals surface area (Å²) in [6, 6.07) is 1.93. The topological polar surface area (TPSA) is 60.6 Å². The third-order valence-electron chi connectivity index (χ3n) is 2.25. The van der Waals surface area contributed by atoms with Gasteiger partial charge in [0.15, 0.2) is 5.82 Å². The highest BCUT2D eigenvalue weighted by Crippen LogP contribution is 1.88. The fourth-order valence-corrected chi connectivity index (χ4v) is 1.45. The van der Waals surface area contributed by atoms with Gasteiger partial charge in [-0.25, -0.2) is 4.98 Å². The number of nitrogens with zero attached hydrogens (tertiary/aromatic N) is 5. The van der Waals surface area contributed by atoms with Crippen LogP contribution in [0, 0.1) is 0 Å². The number of nitrogens with one attached hydrogen (secondary N) is 1. The molecule has 2 rings (SSSR count). The van der Waals surface area contributed by atoms with Crippen molar-refractivity contribution in [2.75, 3.05) is 13.1 Å². The van der Waals surface area contributed by atoms with E-state index in [9.17, 15) is 0 Å². The second-order valence-electron chi connectivity index (χ2n) is 3.60. The molecule has 2 aromatic heterocycles. The van der Waals surface area contributed by atoms with Gasteiger partial charge < -0.3 is 5.32 Å². The van der Waals surface area contributed by atoms with E-state index in [1.807, 2.05) is 24.0 Å². The number of aryl methyl sites for hydroxylation is 1. The fourth-order valence-electron chi connectivity index (χ4n) is 1.45. The smallest absolute Gasteiger partial charge is 0.151 e. The largest absolute Gasteiger partial charge is 0.314 e. The van der Waals surface area contributed by atoms with E-state index >= 15 is 0 Å². The molecule has 16 heavy (non-hydrogen) atoms. The van der Waals surface area contributed by atoms with Crippen molar-refractivity contribution in [2.24, 2.45) is 7.05 Å². The Hall–Kier alpha value is -1.69. The van der Waals surface area contributed by atoms with Crippen LogP contribution < -0.4 is 5.32 Å².